The van der Waals surface area contributed by atoms with Crippen molar-refractivity contribution >= 4 is 0 Å². The average molecular weight is 273 g/mol. The van der Waals surface area contributed by atoms with Gasteiger partial charge in [0.25, 0.3) is 0 Å². The van der Waals surface area contributed by atoms with E-state index >= 15 is 0 Å². The Morgan fingerprint density at radius 3 is 2.42 bits per heavy atom. The fourth-order valence-electron chi connectivity index (χ4n) is 3.23. The van der Waals surface area contributed by atoms with E-state index in [1.807, 2.05) is 12.2 Å². The quantitative estimate of drug-likeness (QED) is 0.793. The van der Waals surface area contributed by atoms with E-state index in [4.69, 9.17) is 0 Å². The Morgan fingerprint density at radius 1 is 1.21 bits per heavy atom. The van der Waals surface area contributed by atoms with E-state index in [-0.39, 0.29) is 18.3 Å². The number of hydrogen-bond acceptors (Lipinski definition) is 2. The molecule has 2 aliphatic rings. The predicted octanol–water partition coefficient (Wildman–Crippen LogP) is 3.42. The molecule has 0 aromatic carbocycles. The van der Waals surface area contributed by atoms with Gasteiger partial charge in [0.1, 0.15) is 6.23 Å². The third kappa shape index (κ3) is 4.53. The van der Waals surface area contributed by atoms with Gasteiger partial charge in [-0.15, -0.1) is 0 Å². The molecule has 0 amide bonds. The van der Waals surface area contributed by atoms with Crippen molar-refractivity contribution in [3.8, 4) is 0 Å². The number of hydrogen-bond donors (Lipinski definition) is 1. The van der Waals surface area contributed by atoms with Crippen molar-refractivity contribution in [2.75, 3.05) is 13.1 Å². The highest BCUT2D eigenvalue weighted by atomic mass is 19.3. The van der Waals surface area contributed by atoms with Crippen LogP contribution < -0.4 is 0 Å². The van der Waals surface area contributed by atoms with Crippen LogP contribution in [0.3, 0.4) is 0 Å². The summed E-state index contributed by atoms with van der Waals surface area (Å²) in [6, 6.07) is 0. The summed E-state index contributed by atoms with van der Waals surface area (Å²) in [5.41, 5.74) is 0. The Labute approximate surface area is 114 Å². The van der Waals surface area contributed by atoms with Crippen molar-refractivity contribution < 1.29 is 13.9 Å². The fourth-order valence-corrected chi connectivity index (χ4v) is 3.23. The van der Waals surface area contributed by atoms with Gasteiger partial charge in [0.2, 0.25) is 5.92 Å². The van der Waals surface area contributed by atoms with Crippen LogP contribution in [0, 0.1) is 11.8 Å². The van der Waals surface area contributed by atoms with Gasteiger partial charge in [-0.05, 0) is 38.5 Å². The summed E-state index contributed by atoms with van der Waals surface area (Å²) in [5, 5.41) is 10.3. The second-order valence-electron chi connectivity index (χ2n) is 6.17. The van der Waals surface area contributed by atoms with Crippen molar-refractivity contribution in [2.24, 2.45) is 11.8 Å². The number of alkyl halides is 2. The zero-order valence-electron chi connectivity index (χ0n) is 11.7. The summed E-state index contributed by atoms with van der Waals surface area (Å²) in [4.78, 5) is 2.13. The lowest BCUT2D eigenvalue weighted by Crippen LogP contribution is -2.43. The minimum absolute atomic E-state index is 0.0372. The molecule has 0 aromatic rings. The molecule has 1 heterocycles. The van der Waals surface area contributed by atoms with Gasteiger partial charge in [-0.25, -0.2) is 8.78 Å². The highest BCUT2D eigenvalue weighted by molar-refractivity contribution is 5.01. The molecule has 1 saturated heterocycles. The molecule has 1 N–H and O–H groups in total. The van der Waals surface area contributed by atoms with E-state index < -0.39 is 12.2 Å². The maximum Gasteiger partial charge on any atom is 0.246 e. The second-order valence-corrected chi connectivity index (χ2v) is 6.17. The topological polar surface area (TPSA) is 23.5 Å². The zero-order valence-corrected chi connectivity index (χ0v) is 11.7. The molecular weight excluding hydrogens is 248 g/mol. The lowest BCUT2D eigenvalue weighted by Gasteiger charge is -2.36. The van der Waals surface area contributed by atoms with Gasteiger partial charge in [-0.1, -0.05) is 18.6 Å². The van der Waals surface area contributed by atoms with Crippen molar-refractivity contribution in [2.45, 2.75) is 57.6 Å². The van der Waals surface area contributed by atoms with Crippen LogP contribution in [-0.2, 0) is 0 Å². The third-order valence-electron chi connectivity index (χ3n) is 4.27. The highest BCUT2D eigenvalue weighted by Gasteiger charge is 2.31. The molecule has 4 heteroatoms. The smallest absolute Gasteiger partial charge is 0.246 e. The number of piperidine rings is 1. The lowest BCUT2D eigenvalue weighted by atomic mass is 9.84. The van der Waals surface area contributed by atoms with Crippen molar-refractivity contribution in [1.82, 2.24) is 4.90 Å². The van der Waals surface area contributed by atoms with Gasteiger partial charge in [-0.2, -0.15) is 0 Å². The molecular formula is C15H25F2NO. The molecule has 19 heavy (non-hydrogen) atoms. The standard InChI is InChI=1S/C15H25F2NO/c1-15(16,17)11-12-5-7-13(8-6-12)14(19)18-9-3-2-4-10-18/h5,7,12-14,19H,2-4,6,8-11H2,1H3. The average Bonchev–Trinajstić information content (AvgIpc) is 2.38. The van der Waals surface area contributed by atoms with E-state index in [1.54, 1.807) is 0 Å². The Kier molecular flexibility index (Phi) is 4.96. The molecule has 110 valence electrons. The number of aliphatic hydroxyl groups excluding tert-OH is 1. The first-order valence-electron chi connectivity index (χ1n) is 7.44. The maximum atomic E-state index is 13.0. The van der Waals surface area contributed by atoms with Gasteiger partial charge in [0.05, 0.1) is 0 Å². The lowest BCUT2D eigenvalue weighted by molar-refractivity contribution is -0.0430. The molecule has 1 aliphatic carbocycles. The van der Waals surface area contributed by atoms with Crippen molar-refractivity contribution in [1.29, 1.82) is 0 Å². The predicted molar refractivity (Wildman–Crippen MR) is 72.0 cm³/mol. The van der Waals surface area contributed by atoms with Crippen LogP contribution in [0.4, 0.5) is 8.78 Å². The number of nitrogens with zero attached hydrogens (tertiary/aromatic N) is 1. The first kappa shape index (κ1) is 14.9. The molecule has 3 unspecified atom stereocenters. The molecule has 0 bridgehead atoms. The molecule has 2 rings (SSSR count). The molecule has 3 atom stereocenters. The first-order chi connectivity index (χ1) is 8.96. The van der Waals surface area contributed by atoms with Crippen molar-refractivity contribution in [3.63, 3.8) is 0 Å². The highest BCUT2D eigenvalue weighted by Crippen LogP contribution is 2.33. The monoisotopic (exact) mass is 273 g/mol. The summed E-state index contributed by atoms with van der Waals surface area (Å²) >= 11 is 0. The van der Waals surface area contributed by atoms with Crippen LogP contribution in [0.2, 0.25) is 0 Å². The Bertz CT molecular complexity index is 308. The first-order valence-corrected chi connectivity index (χ1v) is 7.44. The van der Waals surface area contributed by atoms with Gasteiger partial charge in [-0.3, -0.25) is 4.90 Å². The van der Waals surface area contributed by atoms with Crippen LogP contribution >= 0.6 is 0 Å². The summed E-state index contributed by atoms with van der Waals surface area (Å²) < 4.78 is 25.9. The second kappa shape index (κ2) is 6.31. The fraction of sp³-hybridized carbons (Fsp3) is 0.867. The number of halogens is 2. The van der Waals surface area contributed by atoms with Gasteiger partial charge >= 0.3 is 0 Å². The van der Waals surface area contributed by atoms with Crippen LogP contribution in [0.25, 0.3) is 0 Å². The largest absolute Gasteiger partial charge is 0.378 e. The Balaban J connectivity index is 1.85. The van der Waals surface area contributed by atoms with E-state index in [0.717, 1.165) is 45.7 Å². The van der Waals surface area contributed by atoms with E-state index in [9.17, 15) is 13.9 Å². The molecule has 0 spiro atoms. The van der Waals surface area contributed by atoms with Crippen LogP contribution in [-0.4, -0.2) is 35.2 Å². The summed E-state index contributed by atoms with van der Waals surface area (Å²) in [7, 11) is 0. The van der Waals surface area contributed by atoms with Crippen LogP contribution in [0.1, 0.15) is 45.4 Å². The van der Waals surface area contributed by atoms with Crippen molar-refractivity contribution in [3.05, 3.63) is 12.2 Å². The Hall–Kier alpha value is -0.480. The van der Waals surface area contributed by atoms with Gasteiger partial charge in [0, 0.05) is 25.4 Å². The maximum absolute atomic E-state index is 13.0. The SMILES string of the molecule is CC(F)(F)CC1C=CC(C(O)N2CCCCC2)CC1. The normalized spacial score (nSPS) is 31.4. The summed E-state index contributed by atoms with van der Waals surface area (Å²) in [6.07, 6.45) is 8.46. The molecule has 0 aromatic heterocycles. The molecule has 0 radical (unpaired) electrons. The van der Waals surface area contributed by atoms with E-state index in [1.165, 1.54) is 6.42 Å². The van der Waals surface area contributed by atoms with Crippen LogP contribution in [0.5, 0.6) is 0 Å². The number of aliphatic hydroxyl groups is 1. The van der Waals surface area contributed by atoms with Gasteiger partial charge < -0.3 is 5.11 Å². The number of rotatable bonds is 4. The van der Waals surface area contributed by atoms with E-state index in [0.29, 0.717) is 0 Å². The minimum atomic E-state index is -2.59. The Morgan fingerprint density at radius 2 is 1.89 bits per heavy atom. The third-order valence-corrected chi connectivity index (χ3v) is 4.27. The molecule has 0 saturated carbocycles. The van der Waals surface area contributed by atoms with Crippen LogP contribution in [0.15, 0.2) is 12.2 Å². The van der Waals surface area contributed by atoms with E-state index in [2.05, 4.69) is 4.90 Å². The minimum Gasteiger partial charge on any atom is -0.378 e. The number of allylic oxidation sites excluding steroid dienone is 1. The van der Waals surface area contributed by atoms with Gasteiger partial charge in [0.15, 0.2) is 0 Å². The molecule has 2 nitrogen and oxygen atoms in total. The molecule has 1 aliphatic heterocycles. The zero-order chi connectivity index (χ0) is 13.9. The molecule has 1 fully saturated rings. The number of likely N-dealkylation sites (tertiary alicyclic amines) is 1. The summed E-state index contributed by atoms with van der Waals surface area (Å²) in [6.45, 7) is 2.90. The summed E-state index contributed by atoms with van der Waals surface area (Å²) in [5.74, 6) is -2.52.